The number of thiophene rings is 1. The largest absolute Gasteiger partial charge is 0.312 e. The van der Waals surface area contributed by atoms with Crippen LogP contribution in [0.4, 0.5) is 0 Å². The normalized spacial score (nSPS) is 17.1. The van der Waals surface area contributed by atoms with E-state index < -0.39 is 0 Å². The van der Waals surface area contributed by atoms with E-state index in [2.05, 4.69) is 32.7 Å². The zero-order valence-electron chi connectivity index (χ0n) is 9.68. The third-order valence-electron chi connectivity index (χ3n) is 3.36. The first-order valence-electron chi connectivity index (χ1n) is 6.28. The van der Waals surface area contributed by atoms with Crippen LogP contribution in [0.1, 0.15) is 43.4 Å². The fraction of sp³-hybridized carbons (Fsp3) is 0.692. The second-order valence-corrected chi connectivity index (χ2v) is 6.61. The lowest BCUT2D eigenvalue weighted by molar-refractivity contribution is 0.471. The Hall–Kier alpha value is 0.140. The fourth-order valence-electron chi connectivity index (χ4n) is 2.47. The Kier molecular flexibility index (Phi) is 5.33. The summed E-state index contributed by atoms with van der Waals surface area (Å²) in [6, 6.07) is 2.20. The zero-order valence-corrected chi connectivity index (χ0v) is 12.1. The summed E-state index contributed by atoms with van der Waals surface area (Å²) in [6.45, 7) is 2.20. The molecule has 90 valence electrons. The summed E-state index contributed by atoms with van der Waals surface area (Å²) >= 11 is 5.31. The van der Waals surface area contributed by atoms with Crippen LogP contribution in [0, 0.1) is 5.92 Å². The molecule has 3 heteroatoms. The van der Waals surface area contributed by atoms with E-state index in [4.69, 9.17) is 0 Å². The smallest absolute Gasteiger partial charge is 0.0300 e. The van der Waals surface area contributed by atoms with E-state index in [1.807, 2.05) is 11.3 Å². The highest BCUT2D eigenvalue weighted by Crippen LogP contribution is 2.28. The molecule has 1 N–H and O–H groups in total. The van der Waals surface area contributed by atoms with Crippen molar-refractivity contribution >= 4 is 27.3 Å². The van der Waals surface area contributed by atoms with Gasteiger partial charge in [-0.3, -0.25) is 0 Å². The van der Waals surface area contributed by atoms with Crippen LogP contribution in [0.2, 0.25) is 0 Å². The highest BCUT2D eigenvalue weighted by molar-refractivity contribution is 9.10. The maximum absolute atomic E-state index is 3.53. The van der Waals surface area contributed by atoms with E-state index in [-0.39, 0.29) is 0 Å². The number of nitrogens with one attached hydrogen (secondary N) is 1. The molecule has 0 aliphatic heterocycles. The van der Waals surface area contributed by atoms with Gasteiger partial charge in [-0.2, -0.15) is 0 Å². The van der Waals surface area contributed by atoms with Crippen LogP contribution in [-0.4, -0.2) is 6.54 Å². The molecule has 0 bridgehead atoms. The molecule has 1 heterocycles. The molecule has 1 aliphatic carbocycles. The van der Waals surface area contributed by atoms with Crippen molar-refractivity contribution in [3.05, 3.63) is 20.8 Å². The summed E-state index contributed by atoms with van der Waals surface area (Å²) in [4.78, 5) is 1.42. The van der Waals surface area contributed by atoms with Gasteiger partial charge in [0.25, 0.3) is 0 Å². The molecular formula is C13H20BrNS. The molecule has 0 atom stereocenters. The fourth-order valence-corrected chi connectivity index (χ4v) is 3.89. The van der Waals surface area contributed by atoms with E-state index >= 15 is 0 Å². The average molecular weight is 302 g/mol. The van der Waals surface area contributed by atoms with Gasteiger partial charge in [-0.1, -0.05) is 25.7 Å². The van der Waals surface area contributed by atoms with Crippen molar-refractivity contribution in [1.29, 1.82) is 0 Å². The van der Waals surface area contributed by atoms with Crippen LogP contribution < -0.4 is 5.32 Å². The van der Waals surface area contributed by atoms with Crippen molar-refractivity contribution in [2.45, 2.75) is 45.1 Å². The standard InChI is InChI=1S/C13H20BrNS/c14-12-8-13(16-10-12)9-15-7-3-6-11-4-1-2-5-11/h8,10-11,15H,1-7,9H2. The molecule has 2 rings (SSSR count). The number of halogens is 1. The maximum Gasteiger partial charge on any atom is 0.0300 e. The van der Waals surface area contributed by atoms with Crippen molar-refractivity contribution in [1.82, 2.24) is 5.32 Å². The van der Waals surface area contributed by atoms with Gasteiger partial charge in [0.05, 0.1) is 0 Å². The molecule has 1 aromatic rings. The first-order chi connectivity index (χ1) is 7.84. The van der Waals surface area contributed by atoms with Gasteiger partial charge in [-0.15, -0.1) is 11.3 Å². The molecule has 1 saturated carbocycles. The first-order valence-corrected chi connectivity index (χ1v) is 7.95. The number of hydrogen-bond acceptors (Lipinski definition) is 2. The van der Waals surface area contributed by atoms with E-state index in [0.29, 0.717) is 0 Å². The van der Waals surface area contributed by atoms with Crippen molar-refractivity contribution in [2.75, 3.05) is 6.54 Å². The topological polar surface area (TPSA) is 12.0 Å². The van der Waals surface area contributed by atoms with E-state index in [1.165, 1.54) is 54.4 Å². The molecule has 16 heavy (non-hydrogen) atoms. The molecule has 1 aromatic heterocycles. The van der Waals surface area contributed by atoms with Crippen LogP contribution in [-0.2, 0) is 6.54 Å². The van der Waals surface area contributed by atoms with Gasteiger partial charge in [-0.05, 0) is 47.3 Å². The minimum absolute atomic E-state index is 1.03. The molecule has 0 radical (unpaired) electrons. The van der Waals surface area contributed by atoms with Crippen LogP contribution in [0.15, 0.2) is 15.9 Å². The highest BCUT2D eigenvalue weighted by Gasteiger charge is 2.13. The molecule has 0 spiro atoms. The van der Waals surface area contributed by atoms with Crippen molar-refractivity contribution < 1.29 is 0 Å². The van der Waals surface area contributed by atoms with E-state index in [1.54, 1.807) is 0 Å². The van der Waals surface area contributed by atoms with Gasteiger partial charge in [0.2, 0.25) is 0 Å². The quantitative estimate of drug-likeness (QED) is 0.759. The molecule has 0 unspecified atom stereocenters. The Bertz CT molecular complexity index is 305. The molecule has 0 amide bonds. The van der Waals surface area contributed by atoms with Crippen LogP contribution in [0.3, 0.4) is 0 Å². The maximum atomic E-state index is 3.53. The summed E-state index contributed by atoms with van der Waals surface area (Å²) in [7, 11) is 0. The molecular weight excluding hydrogens is 282 g/mol. The lowest BCUT2D eigenvalue weighted by Crippen LogP contribution is -2.14. The van der Waals surface area contributed by atoms with Gasteiger partial charge >= 0.3 is 0 Å². The summed E-state index contributed by atoms with van der Waals surface area (Å²) in [5, 5.41) is 5.68. The third kappa shape index (κ3) is 4.19. The second kappa shape index (κ2) is 6.77. The molecule has 0 saturated heterocycles. The van der Waals surface area contributed by atoms with E-state index in [0.717, 1.165) is 12.5 Å². The van der Waals surface area contributed by atoms with Gasteiger partial charge in [0, 0.05) is 21.3 Å². The zero-order chi connectivity index (χ0) is 11.2. The first kappa shape index (κ1) is 12.6. The van der Waals surface area contributed by atoms with Crippen molar-refractivity contribution in [2.24, 2.45) is 5.92 Å². The predicted octanol–water partition coefficient (Wildman–Crippen LogP) is 4.57. The Morgan fingerprint density at radius 1 is 1.38 bits per heavy atom. The highest BCUT2D eigenvalue weighted by atomic mass is 79.9. The lowest BCUT2D eigenvalue weighted by Gasteiger charge is -2.08. The molecule has 1 nitrogen and oxygen atoms in total. The van der Waals surface area contributed by atoms with Crippen LogP contribution >= 0.6 is 27.3 Å². The Balaban J connectivity index is 1.51. The van der Waals surface area contributed by atoms with Gasteiger partial charge in [-0.25, -0.2) is 0 Å². The van der Waals surface area contributed by atoms with Crippen molar-refractivity contribution in [3.8, 4) is 0 Å². The van der Waals surface area contributed by atoms with Crippen LogP contribution in [0.5, 0.6) is 0 Å². The third-order valence-corrected chi connectivity index (χ3v) is 5.06. The van der Waals surface area contributed by atoms with E-state index in [9.17, 15) is 0 Å². The van der Waals surface area contributed by atoms with Gasteiger partial charge in [0.15, 0.2) is 0 Å². The summed E-state index contributed by atoms with van der Waals surface area (Å²) in [5.41, 5.74) is 0. The van der Waals surface area contributed by atoms with Gasteiger partial charge in [0.1, 0.15) is 0 Å². The van der Waals surface area contributed by atoms with Gasteiger partial charge < -0.3 is 5.32 Å². The molecule has 1 aliphatic rings. The number of rotatable bonds is 6. The average Bonchev–Trinajstić information content (AvgIpc) is 2.89. The Morgan fingerprint density at radius 2 is 2.19 bits per heavy atom. The Morgan fingerprint density at radius 3 is 2.88 bits per heavy atom. The predicted molar refractivity (Wildman–Crippen MR) is 74.9 cm³/mol. The monoisotopic (exact) mass is 301 g/mol. The SMILES string of the molecule is Brc1csc(CNCCCC2CCCC2)c1. The second-order valence-electron chi connectivity index (χ2n) is 4.70. The van der Waals surface area contributed by atoms with Crippen molar-refractivity contribution in [3.63, 3.8) is 0 Å². The Labute approximate surface area is 111 Å². The summed E-state index contributed by atoms with van der Waals surface area (Å²) < 4.78 is 1.21. The minimum atomic E-state index is 1.03. The number of hydrogen-bond donors (Lipinski definition) is 1. The summed E-state index contributed by atoms with van der Waals surface area (Å²) in [6.07, 6.45) is 8.69. The minimum Gasteiger partial charge on any atom is -0.312 e. The van der Waals surface area contributed by atoms with Crippen LogP contribution in [0.25, 0.3) is 0 Å². The molecule has 0 aromatic carbocycles. The lowest BCUT2D eigenvalue weighted by atomic mass is 10.0. The summed E-state index contributed by atoms with van der Waals surface area (Å²) in [5.74, 6) is 1.04. The molecule has 1 fully saturated rings.